The predicted octanol–water partition coefficient (Wildman–Crippen LogP) is 2.19. The van der Waals surface area contributed by atoms with E-state index in [-0.39, 0.29) is 12.8 Å². The van der Waals surface area contributed by atoms with Gasteiger partial charge in [-0.25, -0.2) is 0 Å². The Morgan fingerprint density at radius 3 is 2.47 bits per heavy atom. The minimum atomic E-state index is -0.885. The lowest BCUT2D eigenvalue weighted by Crippen LogP contribution is -1.98. The Balaban J connectivity index is 2.73. The quantitative estimate of drug-likeness (QED) is 0.791. The third kappa shape index (κ3) is 4.97. The molecule has 0 aliphatic heterocycles. The van der Waals surface area contributed by atoms with Crippen molar-refractivity contribution in [2.45, 2.75) is 19.3 Å². The van der Waals surface area contributed by atoms with Gasteiger partial charge in [0.2, 0.25) is 0 Å². The Morgan fingerprint density at radius 2 is 1.82 bits per heavy atom. The van der Waals surface area contributed by atoms with Crippen molar-refractivity contribution in [1.82, 2.24) is 0 Å². The van der Waals surface area contributed by atoms with Gasteiger partial charge in [0, 0.05) is 6.42 Å². The zero-order valence-electron chi connectivity index (χ0n) is 9.30. The van der Waals surface area contributed by atoms with E-state index in [1.165, 1.54) is 0 Å². The zero-order valence-corrected chi connectivity index (χ0v) is 9.30. The molecule has 1 aromatic carbocycles. The lowest BCUT2D eigenvalue weighted by atomic mass is 10.0. The first-order valence-electron chi connectivity index (χ1n) is 5.27. The highest BCUT2D eigenvalue weighted by atomic mass is 16.4. The summed E-state index contributed by atoms with van der Waals surface area (Å²) in [6.45, 7) is 0. The minimum absolute atomic E-state index is 0.0345. The highest BCUT2D eigenvalue weighted by Crippen LogP contribution is 2.13. The van der Waals surface area contributed by atoms with Crippen molar-refractivity contribution in [2.75, 3.05) is 0 Å². The van der Waals surface area contributed by atoms with Crippen LogP contribution in [0.3, 0.4) is 0 Å². The molecule has 90 valence electrons. The van der Waals surface area contributed by atoms with E-state index in [1.807, 2.05) is 24.3 Å². The number of hydrogen-bond donors (Lipinski definition) is 2. The second kappa shape index (κ2) is 6.48. The van der Waals surface area contributed by atoms with Crippen LogP contribution in [0.1, 0.15) is 24.0 Å². The molecule has 0 amide bonds. The first-order chi connectivity index (χ1) is 8.09. The topological polar surface area (TPSA) is 74.6 Å². The molecule has 0 heterocycles. The standard InChI is InChI=1S/C13H14O4/c14-12(15)7-3-6-10-4-1-2-5-11(10)8-9-13(16)17/h1-6H,7-9H2,(H,14,15)(H,16,17). The van der Waals surface area contributed by atoms with Crippen LogP contribution in [0.5, 0.6) is 0 Å². The van der Waals surface area contributed by atoms with Crippen molar-refractivity contribution in [3.63, 3.8) is 0 Å². The summed E-state index contributed by atoms with van der Waals surface area (Å²) in [6.07, 6.45) is 3.76. The normalized spacial score (nSPS) is 10.6. The largest absolute Gasteiger partial charge is 0.481 e. The fraction of sp³-hybridized carbons (Fsp3) is 0.231. The van der Waals surface area contributed by atoms with Gasteiger partial charge in [0.25, 0.3) is 0 Å². The van der Waals surface area contributed by atoms with E-state index in [1.54, 1.807) is 12.2 Å². The Labute approximate surface area is 99.2 Å². The fourth-order valence-electron chi connectivity index (χ4n) is 1.45. The highest BCUT2D eigenvalue weighted by Gasteiger charge is 2.02. The lowest BCUT2D eigenvalue weighted by molar-refractivity contribution is -0.137. The summed E-state index contributed by atoms with van der Waals surface area (Å²) in [4.78, 5) is 20.9. The van der Waals surface area contributed by atoms with Crippen LogP contribution < -0.4 is 0 Å². The molecule has 0 aromatic heterocycles. The number of benzene rings is 1. The van der Waals surface area contributed by atoms with Gasteiger partial charge in [-0.1, -0.05) is 36.4 Å². The summed E-state index contributed by atoms with van der Waals surface area (Å²) in [6, 6.07) is 7.37. The van der Waals surface area contributed by atoms with Crippen LogP contribution >= 0.6 is 0 Å². The van der Waals surface area contributed by atoms with Crippen molar-refractivity contribution >= 4 is 18.0 Å². The van der Waals surface area contributed by atoms with Crippen LogP contribution in [0.2, 0.25) is 0 Å². The number of aryl methyl sites for hydroxylation is 1. The number of rotatable bonds is 6. The molecule has 0 saturated carbocycles. The number of aliphatic carboxylic acids is 2. The lowest BCUT2D eigenvalue weighted by Gasteiger charge is -2.03. The summed E-state index contributed by atoms with van der Waals surface area (Å²) in [5.74, 6) is -1.72. The molecule has 1 rings (SSSR count). The SMILES string of the molecule is O=C(O)CC=Cc1ccccc1CCC(=O)O. The first kappa shape index (κ1) is 13.0. The monoisotopic (exact) mass is 234 g/mol. The van der Waals surface area contributed by atoms with E-state index >= 15 is 0 Å². The van der Waals surface area contributed by atoms with Gasteiger partial charge in [0.1, 0.15) is 0 Å². The van der Waals surface area contributed by atoms with Crippen molar-refractivity contribution in [1.29, 1.82) is 0 Å². The number of carbonyl (C=O) groups is 2. The van der Waals surface area contributed by atoms with Gasteiger partial charge < -0.3 is 10.2 Å². The summed E-state index contributed by atoms with van der Waals surface area (Å²) in [5.41, 5.74) is 1.78. The van der Waals surface area contributed by atoms with Crippen LogP contribution in [0.15, 0.2) is 30.3 Å². The molecule has 1 aromatic rings. The van der Waals surface area contributed by atoms with Crippen molar-refractivity contribution < 1.29 is 19.8 Å². The molecule has 0 radical (unpaired) electrons. The average Bonchev–Trinajstić information content (AvgIpc) is 2.27. The van der Waals surface area contributed by atoms with Crippen LogP contribution in [0.4, 0.5) is 0 Å². The molecule has 0 spiro atoms. The van der Waals surface area contributed by atoms with Crippen LogP contribution in [0, 0.1) is 0 Å². The Morgan fingerprint density at radius 1 is 1.12 bits per heavy atom. The van der Waals surface area contributed by atoms with E-state index in [9.17, 15) is 9.59 Å². The molecule has 0 bridgehead atoms. The van der Waals surface area contributed by atoms with E-state index in [4.69, 9.17) is 10.2 Å². The molecule has 0 fully saturated rings. The van der Waals surface area contributed by atoms with Crippen molar-refractivity contribution in [2.24, 2.45) is 0 Å². The highest BCUT2D eigenvalue weighted by molar-refractivity contribution is 5.71. The van der Waals surface area contributed by atoms with E-state index in [0.717, 1.165) is 11.1 Å². The molecular formula is C13H14O4. The molecule has 0 atom stereocenters. The maximum atomic E-state index is 10.5. The molecule has 2 N–H and O–H groups in total. The summed E-state index contributed by atoms with van der Waals surface area (Å²) < 4.78 is 0. The van der Waals surface area contributed by atoms with Crippen LogP contribution in [0.25, 0.3) is 6.08 Å². The second-order valence-electron chi connectivity index (χ2n) is 3.59. The summed E-state index contributed by atoms with van der Waals surface area (Å²) >= 11 is 0. The van der Waals surface area contributed by atoms with Gasteiger partial charge in [-0.3, -0.25) is 9.59 Å². The maximum Gasteiger partial charge on any atom is 0.307 e. The Hall–Kier alpha value is -2.10. The molecule has 0 saturated heterocycles. The molecular weight excluding hydrogens is 220 g/mol. The van der Waals surface area contributed by atoms with Gasteiger partial charge >= 0.3 is 11.9 Å². The number of carboxylic acids is 2. The average molecular weight is 234 g/mol. The van der Waals surface area contributed by atoms with Gasteiger partial charge in [0.05, 0.1) is 6.42 Å². The van der Waals surface area contributed by atoms with E-state index < -0.39 is 11.9 Å². The number of hydrogen-bond acceptors (Lipinski definition) is 2. The zero-order chi connectivity index (χ0) is 12.7. The van der Waals surface area contributed by atoms with Gasteiger partial charge in [-0.15, -0.1) is 0 Å². The Bertz CT molecular complexity index is 435. The van der Waals surface area contributed by atoms with Gasteiger partial charge in [-0.2, -0.15) is 0 Å². The Kier molecular flexibility index (Phi) is 4.94. The third-order valence-corrected chi connectivity index (χ3v) is 2.25. The number of carboxylic acid groups (broad SMARTS) is 2. The molecule has 4 heteroatoms. The van der Waals surface area contributed by atoms with E-state index in [2.05, 4.69) is 0 Å². The minimum Gasteiger partial charge on any atom is -0.481 e. The van der Waals surface area contributed by atoms with Gasteiger partial charge in [0.15, 0.2) is 0 Å². The molecule has 17 heavy (non-hydrogen) atoms. The van der Waals surface area contributed by atoms with Gasteiger partial charge in [-0.05, 0) is 17.5 Å². The molecule has 4 nitrogen and oxygen atoms in total. The molecule has 0 aliphatic rings. The van der Waals surface area contributed by atoms with Crippen LogP contribution in [-0.4, -0.2) is 22.2 Å². The molecule has 0 aliphatic carbocycles. The second-order valence-corrected chi connectivity index (χ2v) is 3.59. The predicted molar refractivity (Wildman–Crippen MR) is 63.7 cm³/mol. The first-order valence-corrected chi connectivity index (χ1v) is 5.27. The van der Waals surface area contributed by atoms with Crippen LogP contribution in [-0.2, 0) is 16.0 Å². The third-order valence-electron chi connectivity index (χ3n) is 2.25. The summed E-state index contributed by atoms with van der Waals surface area (Å²) in [7, 11) is 0. The van der Waals surface area contributed by atoms with Crippen molar-refractivity contribution in [3.8, 4) is 0 Å². The van der Waals surface area contributed by atoms with Crippen molar-refractivity contribution in [3.05, 3.63) is 41.5 Å². The smallest absolute Gasteiger partial charge is 0.307 e. The summed E-state index contributed by atoms with van der Waals surface area (Å²) in [5, 5.41) is 17.1. The maximum absolute atomic E-state index is 10.5. The van der Waals surface area contributed by atoms with E-state index in [0.29, 0.717) is 6.42 Å². The fourth-order valence-corrected chi connectivity index (χ4v) is 1.45. The molecule has 0 unspecified atom stereocenters.